The summed E-state index contributed by atoms with van der Waals surface area (Å²) in [5.74, 6) is -0.338. The Hall–Kier alpha value is -3.05. The van der Waals surface area contributed by atoms with Gasteiger partial charge in [0.2, 0.25) is 5.91 Å². The zero-order chi connectivity index (χ0) is 20.9. The summed E-state index contributed by atoms with van der Waals surface area (Å²) in [7, 11) is 0. The molecule has 2 aliphatic heterocycles. The zero-order valence-electron chi connectivity index (χ0n) is 16.3. The van der Waals surface area contributed by atoms with Gasteiger partial charge < -0.3 is 9.80 Å². The van der Waals surface area contributed by atoms with Crippen molar-refractivity contribution < 1.29 is 13.6 Å². The molecule has 8 heteroatoms. The van der Waals surface area contributed by atoms with Crippen LogP contribution in [0.2, 0.25) is 0 Å². The van der Waals surface area contributed by atoms with E-state index in [0.717, 1.165) is 31.1 Å². The first-order chi connectivity index (χ1) is 14.5. The number of likely N-dealkylation sites (tertiary alicyclic amines) is 1. The molecular formula is C22H21F2N5O. The molecule has 2 saturated heterocycles. The van der Waals surface area contributed by atoms with Gasteiger partial charge in [-0.15, -0.1) is 0 Å². The van der Waals surface area contributed by atoms with Gasteiger partial charge in [-0.05, 0) is 37.5 Å². The summed E-state index contributed by atoms with van der Waals surface area (Å²) in [5.41, 5.74) is 0.389. The van der Waals surface area contributed by atoms with Gasteiger partial charge in [-0.2, -0.15) is 5.26 Å². The van der Waals surface area contributed by atoms with Crippen molar-refractivity contribution in [1.29, 1.82) is 5.26 Å². The van der Waals surface area contributed by atoms with Gasteiger partial charge >= 0.3 is 0 Å². The fourth-order valence-corrected chi connectivity index (χ4v) is 4.77. The number of nitrogens with zero attached hydrogens (tertiary/aromatic N) is 4. The number of aromatic nitrogens is 1. The summed E-state index contributed by atoms with van der Waals surface area (Å²) < 4.78 is 27.4. The Balaban J connectivity index is 1.20. The molecule has 3 fully saturated rings. The van der Waals surface area contributed by atoms with Crippen LogP contribution in [0.15, 0.2) is 36.5 Å². The van der Waals surface area contributed by atoms with E-state index in [0.29, 0.717) is 24.2 Å². The number of anilines is 1. The van der Waals surface area contributed by atoms with E-state index in [1.165, 1.54) is 12.1 Å². The number of carbonyl (C=O) groups is 1. The van der Waals surface area contributed by atoms with Crippen molar-refractivity contribution in [2.45, 2.75) is 36.9 Å². The van der Waals surface area contributed by atoms with Gasteiger partial charge in [0, 0.05) is 36.5 Å². The Bertz CT molecular complexity index is 1030. The van der Waals surface area contributed by atoms with Crippen LogP contribution in [0.3, 0.4) is 0 Å². The molecule has 3 aliphatic rings. The summed E-state index contributed by atoms with van der Waals surface area (Å²) in [6.45, 7) is 1.48. The molecule has 6 nitrogen and oxygen atoms in total. The molecule has 3 heterocycles. The number of halogens is 2. The molecule has 2 aromatic rings. The van der Waals surface area contributed by atoms with E-state index in [4.69, 9.17) is 5.26 Å². The van der Waals surface area contributed by atoms with Crippen LogP contribution in [0, 0.1) is 23.0 Å². The molecule has 1 aromatic carbocycles. The second-order valence-electron chi connectivity index (χ2n) is 8.32. The normalized spacial score (nSPS) is 23.5. The lowest BCUT2D eigenvalue weighted by Gasteiger charge is -2.35. The van der Waals surface area contributed by atoms with Gasteiger partial charge in [-0.1, -0.05) is 6.07 Å². The van der Waals surface area contributed by atoms with Gasteiger partial charge in [0.15, 0.2) is 0 Å². The number of benzene rings is 1. The highest BCUT2D eigenvalue weighted by Crippen LogP contribution is 2.46. The zero-order valence-corrected chi connectivity index (χ0v) is 16.3. The van der Waals surface area contributed by atoms with Crippen LogP contribution in [0.25, 0.3) is 0 Å². The summed E-state index contributed by atoms with van der Waals surface area (Å²) in [5, 5.41) is 12.1. The van der Waals surface area contributed by atoms with Crippen LogP contribution in [-0.4, -0.2) is 47.5 Å². The first kappa shape index (κ1) is 18.9. The largest absolute Gasteiger partial charge is 0.350 e. The van der Waals surface area contributed by atoms with E-state index >= 15 is 0 Å². The van der Waals surface area contributed by atoms with Crippen LogP contribution in [0.5, 0.6) is 0 Å². The van der Waals surface area contributed by atoms with Crippen molar-refractivity contribution in [3.8, 4) is 6.07 Å². The number of hydrogen-bond donors (Lipinski definition) is 1. The molecule has 2 atom stereocenters. The number of rotatable bonds is 5. The molecule has 5 rings (SSSR count). The van der Waals surface area contributed by atoms with E-state index in [-0.39, 0.29) is 24.5 Å². The Morgan fingerprint density at radius 1 is 1.23 bits per heavy atom. The molecule has 1 aromatic heterocycles. The number of pyridine rings is 1. The van der Waals surface area contributed by atoms with Crippen LogP contribution in [0.1, 0.15) is 30.4 Å². The van der Waals surface area contributed by atoms with Crippen LogP contribution in [0.4, 0.5) is 14.6 Å². The lowest BCUT2D eigenvalue weighted by atomic mass is 10.0. The van der Waals surface area contributed by atoms with Crippen molar-refractivity contribution in [3.05, 3.63) is 59.3 Å². The minimum absolute atomic E-state index is 0.00346. The van der Waals surface area contributed by atoms with Crippen LogP contribution in [-0.2, 0) is 10.3 Å². The second kappa shape index (κ2) is 7.03. The minimum Gasteiger partial charge on any atom is -0.350 e. The second-order valence-corrected chi connectivity index (χ2v) is 8.32. The Kier molecular flexibility index (Phi) is 4.44. The van der Waals surface area contributed by atoms with E-state index in [9.17, 15) is 13.6 Å². The molecule has 1 saturated carbocycles. The summed E-state index contributed by atoms with van der Waals surface area (Å²) in [6.07, 6.45) is 3.92. The molecule has 0 spiro atoms. The highest BCUT2D eigenvalue weighted by Gasteiger charge is 2.48. The fourth-order valence-electron chi connectivity index (χ4n) is 4.77. The number of hydrogen-bond acceptors (Lipinski definition) is 5. The van der Waals surface area contributed by atoms with Crippen molar-refractivity contribution in [2.75, 3.05) is 24.5 Å². The van der Waals surface area contributed by atoms with Crippen molar-refractivity contribution in [3.63, 3.8) is 0 Å². The van der Waals surface area contributed by atoms with Crippen LogP contribution >= 0.6 is 0 Å². The average molecular weight is 409 g/mol. The smallest absolute Gasteiger partial charge is 0.236 e. The number of amides is 1. The topological polar surface area (TPSA) is 72.3 Å². The standard InChI is InChI=1S/C22H21F2N5O/c23-15-2-3-18(19(24)7-15)22(5-6-22)27-11-21(30)29-13-16-8-17(29)12-28(16)20-4-1-14(9-25)10-26-20/h1-4,7,10,16-17,27H,5-6,8,11-13H2/t16-,17-/m0/s1. The molecule has 1 N–H and O–H groups in total. The molecule has 154 valence electrons. The molecule has 1 amide bonds. The molecular weight excluding hydrogens is 388 g/mol. The third-order valence-corrected chi connectivity index (χ3v) is 6.51. The Morgan fingerprint density at radius 3 is 2.67 bits per heavy atom. The molecule has 0 unspecified atom stereocenters. The number of piperazine rings is 1. The van der Waals surface area contributed by atoms with E-state index in [1.807, 2.05) is 11.0 Å². The third kappa shape index (κ3) is 3.19. The van der Waals surface area contributed by atoms with Gasteiger partial charge in [-0.25, -0.2) is 13.8 Å². The fraction of sp³-hybridized carbons (Fsp3) is 0.409. The van der Waals surface area contributed by atoms with Crippen molar-refractivity contribution in [1.82, 2.24) is 15.2 Å². The maximum Gasteiger partial charge on any atom is 0.236 e. The molecule has 2 bridgehead atoms. The molecule has 1 aliphatic carbocycles. The number of nitrogens with one attached hydrogen (secondary N) is 1. The lowest BCUT2D eigenvalue weighted by Crippen LogP contribution is -2.52. The summed E-state index contributed by atoms with van der Waals surface area (Å²) in [4.78, 5) is 21.3. The molecule has 0 radical (unpaired) electrons. The first-order valence-corrected chi connectivity index (χ1v) is 10.1. The monoisotopic (exact) mass is 409 g/mol. The van der Waals surface area contributed by atoms with Crippen molar-refractivity contribution in [2.24, 2.45) is 0 Å². The Labute approximate surface area is 173 Å². The Morgan fingerprint density at radius 2 is 2.07 bits per heavy atom. The van der Waals surface area contributed by atoms with Gasteiger partial charge in [0.1, 0.15) is 23.5 Å². The van der Waals surface area contributed by atoms with E-state index < -0.39 is 17.2 Å². The van der Waals surface area contributed by atoms with Gasteiger partial charge in [0.25, 0.3) is 0 Å². The summed E-state index contributed by atoms with van der Waals surface area (Å²) >= 11 is 0. The van der Waals surface area contributed by atoms with Crippen molar-refractivity contribution >= 4 is 11.7 Å². The highest BCUT2D eigenvalue weighted by atomic mass is 19.1. The minimum atomic E-state index is -0.600. The van der Waals surface area contributed by atoms with E-state index in [1.54, 1.807) is 12.3 Å². The number of nitriles is 1. The predicted molar refractivity (Wildman–Crippen MR) is 105 cm³/mol. The summed E-state index contributed by atoms with van der Waals surface area (Å²) in [6, 6.07) is 9.62. The quantitative estimate of drug-likeness (QED) is 0.821. The third-order valence-electron chi connectivity index (χ3n) is 6.51. The SMILES string of the molecule is N#Cc1ccc(N2C[C@@H]3C[C@H]2CN3C(=O)CNC2(c3ccc(F)cc3F)CC2)nc1. The lowest BCUT2D eigenvalue weighted by molar-refractivity contribution is -0.131. The predicted octanol–water partition coefficient (Wildman–Crippen LogP) is 2.30. The maximum absolute atomic E-state index is 14.2. The van der Waals surface area contributed by atoms with Gasteiger partial charge in [-0.3, -0.25) is 10.1 Å². The number of fused-ring (bicyclic) bond motifs is 2. The molecule has 30 heavy (non-hydrogen) atoms. The average Bonchev–Trinajstić information content (AvgIpc) is 3.25. The maximum atomic E-state index is 14.2. The highest BCUT2D eigenvalue weighted by molar-refractivity contribution is 5.80. The van der Waals surface area contributed by atoms with Gasteiger partial charge in [0.05, 0.1) is 24.2 Å². The first-order valence-electron chi connectivity index (χ1n) is 10.1. The number of carbonyl (C=O) groups excluding carboxylic acids is 1. The van der Waals surface area contributed by atoms with E-state index in [2.05, 4.69) is 21.3 Å². The van der Waals surface area contributed by atoms with Crippen LogP contribution < -0.4 is 10.2 Å².